The minimum absolute atomic E-state index is 0.782. The summed E-state index contributed by atoms with van der Waals surface area (Å²) in [5, 5.41) is 0.782. The molecule has 1 aliphatic rings. The van der Waals surface area contributed by atoms with Crippen LogP contribution in [0.2, 0.25) is 0 Å². The van der Waals surface area contributed by atoms with Gasteiger partial charge in [0, 0.05) is 23.1 Å². The molecule has 0 atom stereocenters. The van der Waals surface area contributed by atoms with Crippen LogP contribution in [0.3, 0.4) is 0 Å². The molecule has 0 bridgehead atoms. The summed E-state index contributed by atoms with van der Waals surface area (Å²) in [6.45, 7) is 0. The summed E-state index contributed by atoms with van der Waals surface area (Å²) < 4.78 is 10.5. The summed E-state index contributed by atoms with van der Waals surface area (Å²) in [6, 6.07) is 14.0. The summed E-state index contributed by atoms with van der Waals surface area (Å²) in [7, 11) is 3.35. The number of hydrogen-bond acceptors (Lipinski definition) is 5. The normalized spacial score (nSPS) is 12.2. The highest BCUT2D eigenvalue weighted by Crippen LogP contribution is 2.42. The van der Waals surface area contributed by atoms with Crippen molar-refractivity contribution in [1.29, 1.82) is 0 Å². The van der Waals surface area contributed by atoms with Crippen LogP contribution in [0.4, 0.5) is 5.13 Å². The summed E-state index contributed by atoms with van der Waals surface area (Å²) in [5.74, 6) is 1.71. The lowest BCUT2D eigenvalue weighted by atomic mass is 10.1. The quantitative estimate of drug-likeness (QED) is 0.516. The molecule has 1 aliphatic carbocycles. The molecule has 4 rings (SSSR count). The predicted octanol–water partition coefficient (Wildman–Crippen LogP) is 4.48. The monoisotopic (exact) mass is 336 g/mol. The standard InChI is InChI=1S/C19H16N2O2S/c1-22-14-5-3-4-12(8-14)11-20-19-21-18-16-7-6-15(23-2)9-13(16)10-17(18)24-19/h3-9,11H,10H2,1-2H3. The zero-order valence-electron chi connectivity index (χ0n) is 13.4. The van der Waals surface area contributed by atoms with Crippen LogP contribution in [0, 0.1) is 0 Å². The van der Waals surface area contributed by atoms with Crippen LogP contribution in [0.5, 0.6) is 11.5 Å². The van der Waals surface area contributed by atoms with E-state index in [1.807, 2.05) is 36.5 Å². The number of thiazole rings is 1. The molecular formula is C19H16N2O2S. The van der Waals surface area contributed by atoms with Gasteiger partial charge in [-0.3, -0.25) is 0 Å². The average molecular weight is 336 g/mol. The maximum absolute atomic E-state index is 5.29. The van der Waals surface area contributed by atoms with Gasteiger partial charge in [-0.1, -0.05) is 23.5 Å². The Morgan fingerprint density at radius 3 is 2.75 bits per heavy atom. The number of nitrogens with zero attached hydrogens (tertiary/aromatic N) is 2. The molecule has 0 aliphatic heterocycles. The van der Waals surface area contributed by atoms with E-state index in [0.29, 0.717) is 0 Å². The first-order valence-electron chi connectivity index (χ1n) is 7.62. The van der Waals surface area contributed by atoms with E-state index in [1.165, 1.54) is 16.0 Å². The summed E-state index contributed by atoms with van der Waals surface area (Å²) in [6.07, 6.45) is 2.72. The van der Waals surface area contributed by atoms with Gasteiger partial charge in [0.05, 0.1) is 19.9 Å². The van der Waals surface area contributed by atoms with Gasteiger partial charge in [0.25, 0.3) is 0 Å². The van der Waals surface area contributed by atoms with Crippen LogP contribution in [0.25, 0.3) is 11.3 Å². The van der Waals surface area contributed by atoms with Crippen molar-refractivity contribution in [3.63, 3.8) is 0 Å². The topological polar surface area (TPSA) is 43.7 Å². The molecule has 0 fully saturated rings. The first-order chi connectivity index (χ1) is 11.8. The second kappa shape index (κ2) is 6.09. The number of ether oxygens (including phenoxy) is 2. The minimum atomic E-state index is 0.782. The Labute approximate surface area is 144 Å². The van der Waals surface area contributed by atoms with Crippen molar-refractivity contribution in [3.8, 4) is 22.8 Å². The lowest BCUT2D eigenvalue weighted by Gasteiger charge is -2.03. The number of benzene rings is 2. The molecule has 4 nitrogen and oxygen atoms in total. The van der Waals surface area contributed by atoms with Crippen LogP contribution in [0.1, 0.15) is 16.0 Å². The molecular weight excluding hydrogens is 320 g/mol. The molecule has 120 valence electrons. The lowest BCUT2D eigenvalue weighted by Crippen LogP contribution is -1.86. The van der Waals surface area contributed by atoms with Crippen LogP contribution in [-0.4, -0.2) is 25.4 Å². The molecule has 0 saturated heterocycles. The molecule has 0 spiro atoms. The Morgan fingerprint density at radius 1 is 1.08 bits per heavy atom. The molecule has 0 saturated carbocycles. The third kappa shape index (κ3) is 2.67. The van der Waals surface area contributed by atoms with Gasteiger partial charge in [0.1, 0.15) is 11.5 Å². The van der Waals surface area contributed by atoms with E-state index in [0.717, 1.165) is 34.3 Å². The fourth-order valence-electron chi connectivity index (χ4n) is 2.82. The van der Waals surface area contributed by atoms with Crippen LogP contribution in [-0.2, 0) is 6.42 Å². The van der Waals surface area contributed by atoms with E-state index in [2.05, 4.69) is 17.1 Å². The summed E-state index contributed by atoms with van der Waals surface area (Å²) in [5.41, 5.74) is 4.50. The summed E-state index contributed by atoms with van der Waals surface area (Å²) >= 11 is 1.64. The van der Waals surface area contributed by atoms with Gasteiger partial charge in [-0.2, -0.15) is 0 Å². The molecule has 1 aromatic heterocycles. The van der Waals surface area contributed by atoms with Crippen molar-refractivity contribution >= 4 is 22.7 Å². The van der Waals surface area contributed by atoms with Crippen molar-refractivity contribution in [3.05, 3.63) is 58.5 Å². The number of methoxy groups -OCH3 is 2. The maximum atomic E-state index is 5.29. The molecule has 24 heavy (non-hydrogen) atoms. The van der Waals surface area contributed by atoms with Gasteiger partial charge in [-0.15, -0.1) is 0 Å². The second-order valence-corrected chi connectivity index (χ2v) is 6.56. The molecule has 0 unspecified atom stereocenters. The Balaban J connectivity index is 1.60. The molecule has 0 radical (unpaired) electrons. The van der Waals surface area contributed by atoms with E-state index in [-0.39, 0.29) is 0 Å². The van der Waals surface area contributed by atoms with Crippen LogP contribution < -0.4 is 9.47 Å². The van der Waals surface area contributed by atoms with E-state index >= 15 is 0 Å². The fraction of sp³-hybridized carbons (Fsp3) is 0.158. The first-order valence-corrected chi connectivity index (χ1v) is 8.43. The Kier molecular flexibility index (Phi) is 3.78. The highest BCUT2D eigenvalue weighted by molar-refractivity contribution is 7.15. The third-order valence-corrected chi connectivity index (χ3v) is 4.99. The fourth-order valence-corrected chi connectivity index (χ4v) is 3.77. The van der Waals surface area contributed by atoms with Gasteiger partial charge in [0.2, 0.25) is 5.13 Å². The van der Waals surface area contributed by atoms with E-state index in [4.69, 9.17) is 14.5 Å². The number of aromatic nitrogens is 1. The van der Waals surface area contributed by atoms with E-state index < -0.39 is 0 Å². The van der Waals surface area contributed by atoms with Gasteiger partial charge in [-0.05, 0) is 41.5 Å². The van der Waals surface area contributed by atoms with Gasteiger partial charge in [0.15, 0.2) is 0 Å². The Morgan fingerprint density at radius 2 is 1.92 bits per heavy atom. The van der Waals surface area contributed by atoms with Crippen molar-refractivity contribution in [2.24, 2.45) is 4.99 Å². The molecule has 5 heteroatoms. The highest BCUT2D eigenvalue weighted by Gasteiger charge is 2.23. The molecule has 0 N–H and O–H groups in total. The Bertz CT molecular complexity index is 931. The third-order valence-electron chi connectivity index (χ3n) is 4.02. The summed E-state index contributed by atoms with van der Waals surface area (Å²) in [4.78, 5) is 10.5. The van der Waals surface area contributed by atoms with Gasteiger partial charge in [-0.25, -0.2) is 9.98 Å². The van der Waals surface area contributed by atoms with Gasteiger partial charge < -0.3 is 9.47 Å². The van der Waals surface area contributed by atoms with Crippen molar-refractivity contribution in [1.82, 2.24) is 4.98 Å². The van der Waals surface area contributed by atoms with Gasteiger partial charge >= 0.3 is 0 Å². The number of rotatable bonds is 4. The lowest BCUT2D eigenvalue weighted by molar-refractivity contribution is 0.414. The minimum Gasteiger partial charge on any atom is -0.497 e. The molecule has 2 aromatic carbocycles. The average Bonchev–Trinajstić information content (AvgIpc) is 3.16. The molecule has 3 aromatic rings. The maximum Gasteiger partial charge on any atom is 0.209 e. The Hall–Kier alpha value is -2.66. The van der Waals surface area contributed by atoms with E-state index in [1.54, 1.807) is 25.6 Å². The van der Waals surface area contributed by atoms with E-state index in [9.17, 15) is 0 Å². The SMILES string of the molecule is COc1cccc(C=Nc2nc3c(s2)Cc2cc(OC)ccc2-3)c1. The van der Waals surface area contributed by atoms with Crippen molar-refractivity contribution in [2.45, 2.75) is 6.42 Å². The zero-order chi connectivity index (χ0) is 16.5. The number of hydrogen-bond donors (Lipinski definition) is 0. The van der Waals surface area contributed by atoms with Crippen LogP contribution in [0.15, 0.2) is 47.5 Å². The smallest absolute Gasteiger partial charge is 0.209 e. The predicted molar refractivity (Wildman–Crippen MR) is 97.2 cm³/mol. The number of aliphatic imine (C=N–C) groups is 1. The van der Waals surface area contributed by atoms with Crippen LogP contribution >= 0.6 is 11.3 Å². The largest absolute Gasteiger partial charge is 0.497 e. The molecule has 0 amide bonds. The highest BCUT2D eigenvalue weighted by atomic mass is 32.1. The zero-order valence-corrected chi connectivity index (χ0v) is 14.3. The molecule has 1 heterocycles. The van der Waals surface area contributed by atoms with Crippen molar-refractivity contribution < 1.29 is 9.47 Å². The number of fused-ring (bicyclic) bond motifs is 3. The second-order valence-electron chi connectivity index (χ2n) is 5.50. The first kappa shape index (κ1) is 14.9. The van der Waals surface area contributed by atoms with Crippen molar-refractivity contribution in [2.75, 3.05) is 14.2 Å².